The Morgan fingerprint density at radius 3 is 3.06 bits per heavy atom. The lowest BCUT2D eigenvalue weighted by atomic mass is 10.0. The summed E-state index contributed by atoms with van der Waals surface area (Å²) < 4.78 is 1.66. The molecular weight excluding hydrogens is 226 g/mol. The SMILES string of the molecule is Cc1cccc2nc(C3CCCCN3)cc(=O)n12. The summed E-state index contributed by atoms with van der Waals surface area (Å²) in [7, 11) is 0. The van der Waals surface area contributed by atoms with Crippen LogP contribution in [-0.4, -0.2) is 15.9 Å². The first-order valence-corrected chi connectivity index (χ1v) is 6.48. The average Bonchev–Trinajstić information content (AvgIpc) is 2.39. The number of nitrogens with one attached hydrogen (secondary N) is 1. The molecule has 0 aliphatic carbocycles. The van der Waals surface area contributed by atoms with Gasteiger partial charge in [-0.3, -0.25) is 9.20 Å². The lowest BCUT2D eigenvalue weighted by Gasteiger charge is -2.23. The largest absolute Gasteiger partial charge is 0.309 e. The smallest absolute Gasteiger partial charge is 0.258 e. The second-order valence-corrected chi connectivity index (χ2v) is 4.88. The van der Waals surface area contributed by atoms with Gasteiger partial charge in [-0.1, -0.05) is 12.5 Å². The minimum Gasteiger partial charge on any atom is -0.309 e. The van der Waals surface area contributed by atoms with E-state index in [1.54, 1.807) is 10.5 Å². The molecule has 2 aromatic rings. The van der Waals surface area contributed by atoms with Gasteiger partial charge in [-0.25, -0.2) is 4.98 Å². The summed E-state index contributed by atoms with van der Waals surface area (Å²) in [5, 5.41) is 3.43. The van der Waals surface area contributed by atoms with E-state index in [1.165, 1.54) is 12.8 Å². The van der Waals surface area contributed by atoms with Crippen molar-refractivity contribution in [3.05, 3.63) is 46.0 Å². The van der Waals surface area contributed by atoms with Crippen molar-refractivity contribution in [1.29, 1.82) is 0 Å². The van der Waals surface area contributed by atoms with Crippen molar-refractivity contribution in [2.24, 2.45) is 0 Å². The molecule has 4 nitrogen and oxygen atoms in total. The molecule has 0 radical (unpaired) electrons. The molecule has 1 aliphatic heterocycles. The van der Waals surface area contributed by atoms with Crippen LogP contribution in [0.25, 0.3) is 5.65 Å². The monoisotopic (exact) mass is 243 g/mol. The van der Waals surface area contributed by atoms with Gasteiger partial charge in [0.2, 0.25) is 0 Å². The van der Waals surface area contributed by atoms with Crippen LogP contribution in [0.3, 0.4) is 0 Å². The fourth-order valence-corrected chi connectivity index (χ4v) is 2.62. The van der Waals surface area contributed by atoms with E-state index >= 15 is 0 Å². The Balaban J connectivity index is 2.12. The van der Waals surface area contributed by atoms with Gasteiger partial charge in [-0.05, 0) is 38.4 Å². The fraction of sp³-hybridized carbons (Fsp3) is 0.429. The maximum atomic E-state index is 12.2. The van der Waals surface area contributed by atoms with Gasteiger partial charge in [0.25, 0.3) is 5.56 Å². The number of hydrogen-bond donors (Lipinski definition) is 1. The van der Waals surface area contributed by atoms with Crippen molar-refractivity contribution in [3.63, 3.8) is 0 Å². The predicted molar refractivity (Wildman–Crippen MR) is 70.8 cm³/mol. The molecule has 0 aromatic carbocycles. The standard InChI is InChI=1S/C14H17N3O/c1-10-5-4-7-13-16-12(9-14(18)17(10)13)11-6-2-3-8-15-11/h4-5,7,9,11,15H,2-3,6,8H2,1H3. The molecule has 18 heavy (non-hydrogen) atoms. The van der Waals surface area contributed by atoms with Gasteiger partial charge >= 0.3 is 0 Å². The molecule has 3 heterocycles. The van der Waals surface area contributed by atoms with Gasteiger partial charge in [-0.2, -0.15) is 0 Å². The number of aromatic nitrogens is 2. The third kappa shape index (κ3) is 1.93. The summed E-state index contributed by atoms with van der Waals surface area (Å²) in [6.07, 6.45) is 3.48. The van der Waals surface area contributed by atoms with Gasteiger partial charge in [-0.15, -0.1) is 0 Å². The molecule has 1 unspecified atom stereocenters. The molecule has 1 saturated heterocycles. The van der Waals surface area contributed by atoms with Crippen LogP contribution >= 0.6 is 0 Å². The number of nitrogens with zero attached hydrogens (tertiary/aromatic N) is 2. The summed E-state index contributed by atoms with van der Waals surface area (Å²) in [6, 6.07) is 7.66. The van der Waals surface area contributed by atoms with E-state index in [0.29, 0.717) is 0 Å². The number of piperidine rings is 1. The third-order valence-electron chi connectivity index (χ3n) is 3.57. The Morgan fingerprint density at radius 1 is 1.39 bits per heavy atom. The zero-order valence-electron chi connectivity index (χ0n) is 10.5. The van der Waals surface area contributed by atoms with Crippen molar-refractivity contribution < 1.29 is 0 Å². The van der Waals surface area contributed by atoms with Gasteiger partial charge in [0.05, 0.1) is 5.69 Å². The minimum atomic E-state index is 0.0143. The molecule has 2 aromatic heterocycles. The van der Waals surface area contributed by atoms with E-state index in [4.69, 9.17) is 0 Å². The summed E-state index contributed by atoms with van der Waals surface area (Å²) in [6.45, 7) is 2.94. The van der Waals surface area contributed by atoms with Crippen LogP contribution in [0.2, 0.25) is 0 Å². The Bertz CT molecular complexity index is 626. The Morgan fingerprint density at radius 2 is 2.28 bits per heavy atom. The number of aryl methyl sites for hydroxylation is 1. The second-order valence-electron chi connectivity index (χ2n) is 4.88. The molecular formula is C14H17N3O. The summed E-state index contributed by atoms with van der Waals surface area (Å²) in [5.41, 5.74) is 2.56. The fourth-order valence-electron chi connectivity index (χ4n) is 2.62. The number of hydrogen-bond acceptors (Lipinski definition) is 3. The van der Waals surface area contributed by atoms with E-state index in [9.17, 15) is 4.79 Å². The van der Waals surface area contributed by atoms with Gasteiger partial charge in [0, 0.05) is 17.8 Å². The van der Waals surface area contributed by atoms with Crippen LogP contribution < -0.4 is 10.9 Å². The maximum Gasteiger partial charge on any atom is 0.258 e. The Hall–Kier alpha value is -1.68. The quantitative estimate of drug-likeness (QED) is 0.831. The van der Waals surface area contributed by atoms with Crippen LogP contribution in [0.15, 0.2) is 29.1 Å². The molecule has 94 valence electrons. The molecule has 1 N–H and O–H groups in total. The van der Waals surface area contributed by atoms with Crippen molar-refractivity contribution in [3.8, 4) is 0 Å². The van der Waals surface area contributed by atoms with Crippen LogP contribution in [-0.2, 0) is 0 Å². The highest BCUT2D eigenvalue weighted by molar-refractivity contribution is 5.40. The van der Waals surface area contributed by atoms with Crippen LogP contribution in [0.1, 0.15) is 36.7 Å². The van der Waals surface area contributed by atoms with E-state index < -0.39 is 0 Å². The highest BCUT2D eigenvalue weighted by atomic mass is 16.1. The van der Waals surface area contributed by atoms with Crippen LogP contribution in [0.5, 0.6) is 0 Å². The summed E-state index contributed by atoms with van der Waals surface area (Å²) in [4.78, 5) is 16.8. The third-order valence-corrected chi connectivity index (χ3v) is 3.57. The van der Waals surface area contributed by atoms with E-state index in [-0.39, 0.29) is 11.6 Å². The maximum absolute atomic E-state index is 12.2. The molecule has 1 fully saturated rings. The zero-order chi connectivity index (χ0) is 12.5. The first-order chi connectivity index (χ1) is 8.75. The first-order valence-electron chi connectivity index (χ1n) is 6.48. The molecule has 0 spiro atoms. The van der Waals surface area contributed by atoms with Crippen LogP contribution in [0, 0.1) is 6.92 Å². The molecule has 0 bridgehead atoms. The lowest BCUT2D eigenvalue weighted by molar-refractivity contribution is 0.405. The van der Waals surface area contributed by atoms with Crippen molar-refractivity contribution >= 4 is 5.65 Å². The number of rotatable bonds is 1. The molecule has 1 atom stereocenters. The second kappa shape index (κ2) is 4.53. The molecule has 1 aliphatic rings. The minimum absolute atomic E-state index is 0.0143. The van der Waals surface area contributed by atoms with Gasteiger partial charge in [0.1, 0.15) is 5.65 Å². The molecule has 0 saturated carbocycles. The van der Waals surface area contributed by atoms with Crippen molar-refractivity contribution in [2.45, 2.75) is 32.2 Å². The van der Waals surface area contributed by atoms with Gasteiger partial charge < -0.3 is 5.32 Å². The van der Waals surface area contributed by atoms with Crippen molar-refractivity contribution in [1.82, 2.24) is 14.7 Å². The summed E-state index contributed by atoms with van der Waals surface area (Å²) >= 11 is 0. The topological polar surface area (TPSA) is 46.4 Å². The average molecular weight is 243 g/mol. The summed E-state index contributed by atoms with van der Waals surface area (Å²) in [5.74, 6) is 0. The zero-order valence-corrected chi connectivity index (χ0v) is 10.5. The lowest BCUT2D eigenvalue weighted by Crippen LogP contribution is -2.29. The molecule has 3 rings (SSSR count). The molecule has 0 amide bonds. The molecule has 4 heteroatoms. The van der Waals surface area contributed by atoms with Crippen LogP contribution in [0.4, 0.5) is 0 Å². The van der Waals surface area contributed by atoms with Gasteiger partial charge in [0.15, 0.2) is 0 Å². The van der Waals surface area contributed by atoms with E-state index in [1.807, 2.05) is 25.1 Å². The van der Waals surface area contributed by atoms with E-state index in [0.717, 1.165) is 30.0 Å². The first kappa shape index (κ1) is 11.4. The highest BCUT2D eigenvalue weighted by Gasteiger charge is 2.17. The predicted octanol–water partition coefficient (Wildman–Crippen LogP) is 1.82. The normalized spacial score (nSPS) is 20.2. The van der Waals surface area contributed by atoms with E-state index in [2.05, 4.69) is 10.3 Å². The Kier molecular flexibility index (Phi) is 2.88. The number of pyridine rings is 1. The highest BCUT2D eigenvalue weighted by Crippen LogP contribution is 2.20. The number of fused-ring (bicyclic) bond motifs is 1. The van der Waals surface area contributed by atoms with Crippen molar-refractivity contribution in [2.75, 3.05) is 6.54 Å². The Labute approximate surface area is 106 Å².